The number of nitrogens with zero attached hydrogens (tertiary/aromatic N) is 1. The van der Waals surface area contributed by atoms with Gasteiger partial charge in [-0.1, -0.05) is 114 Å². The van der Waals surface area contributed by atoms with Gasteiger partial charge in [-0.15, -0.1) is 0 Å². The zero-order valence-corrected chi connectivity index (χ0v) is 21.7. The third kappa shape index (κ3) is 7.80. The third-order valence-corrected chi connectivity index (χ3v) is 6.57. The Morgan fingerprint density at radius 2 is 1.30 bits per heavy atom. The van der Waals surface area contributed by atoms with Crippen LogP contribution in [0.4, 0.5) is 0 Å². The summed E-state index contributed by atoms with van der Waals surface area (Å²) in [6.07, 6.45) is 0.598. The predicted octanol–water partition coefficient (Wildman–Crippen LogP) is 6.15. The summed E-state index contributed by atoms with van der Waals surface area (Å²) in [5, 5.41) is 3.70. The van der Waals surface area contributed by atoms with Crippen molar-refractivity contribution >= 4 is 23.4 Å². The molecule has 0 aliphatic carbocycles. The Morgan fingerprint density at radius 3 is 1.92 bits per heavy atom. The van der Waals surface area contributed by atoms with E-state index < -0.39 is 6.04 Å². The first-order valence-corrected chi connectivity index (χ1v) is 12.8. The highest BCUT2D eigenvalue weighted by Gasteiger charge is 2.30. The average molecular weight is 511 g/mol. The quantitative estimate of drug-likeness (QED) is 0.278. The molecular weight excluding hydrogens is 480 g/mol. The minimum absolute atomic E-state index is 0.113. The van der Waals surface area contributed by atoms with Crippen LogP contribution in [0.2, 0.25) is 5.02 Å². The molecule has 37 heavy (non-hydrogen) atoms. The number of rotatable bonds is 10. The van der Waals surface area contributed by atoms with Crippen LogP contribution in [0.15, 0.2) is 109 Å². The summed E-state index contributed by atoms with van der Waals surface area (Å²) in [7, 11) is 0. The van der Waals surface area contributed by atoms with E-state index in [1.54, 1.807) is 17.0 Å². The highest BCUT2D eigenvalue weighted by molar-refractivity contribution is 6.30. The zero-order chi connectivity index (χ0) is 26.0. The summed E-state index contributed by atoms with van der Waals surface area (Å²) in [4.78, 5) is 29.2. The van der Waals surface area contributed by atoms with Crippen molar-refractivity contribution in [2.24, 2.45) is 0 Å². The minimum Gasteiger partial charge on any atom is -0.350 e. The van der Waals surface area contributed by atoms with E-state index in [1.807, 2.05) is 104 Å². The maximum atomic E-state index is 13.8. The van der Waals surface area contributed by atoms with Gasteiger partial charge in [-0.25, -0.2) is 0 Å². The molecule has 2 amide bonds. The van der Waals surface area contributed by atoms with Gasteiger partial charge in [0.1, 0.15) is 6.04 Å². The Kier molecular flexibility index (Phi) is 9.12. The number of hydrogen-bond acceptors (Lipinski definition) is 2. The van der Waals surface area contributed by atoms with Crippen LogP contribution in [0.5, 0.6) is 0 Å². The Hall–Kier alpha value is -3.89. The topological polar surface area (TPSA) is 49.4 Å². The van der Waals surface area contributed by atoms with Crippen LogP contribution in [0.3, 0.4) is 0 Å². The molecule has 4 aromatic carbocycles. The summed E-state index contributed by atoms with van der Waals surface area (Å²) < 4.78 is 0. The molecule has 4 aromatic rings. The van der Waals surface area contributed by atoms with Gasteiger partial charge in [-0.05, 0) is 41.3 Å². The second kappa shape index (κ2) is 12.9. The maximum Gasteiger partial charge on any atom is 0.243 e. The van der Waals surface area contributed by atoms with Crippen molar-refractivity contribution in [3.8, 4) is 0 Å². The maximum absolute atomic E-state index is 13.8. The fourth-order valence-corrected chi connectivity index (χ4v) is 4.35. The predicted molar refractivity (Wildman–Crippen MR) is 149 cm³/mol. The van der Waals surface area contributed by atoms with E-state index >= 15 is 0 Å². The first-order chi connectivity index (χ1) is 18.0. The second-order valence-corrected chi connectivity index (χ2v) is 9.66. The first-order valence-electron chi connectivity index (χ1n) is 12.4. The fraction of sp³-hybridized carbons (Fsp3) is 0.188. The molecule has 1 N–H and O–H groups in total. The lowest BCUT2D eigenvalue weighted by molar-refractivity contribution is -0.140. The molecular formula is C32H31ClN2O2. The summed E-state index contributed by atoms with van der Waals surface area (Å²) in [6, 6.07) is 34.3. The summed E-state index contributed by atoms with van der Waals surface area (Å²) in [5.74, 6) is -0.289. The molecule has 0 unspecified atom stereocenters. The van der Waals surface area contributed by atoms with Crippen LogP contribution in [-0.2, 0) is 35.5 Å². The lowest BCUT2D eigenvalue weighted by Gasteiger charge is -2.31. The van der Waals surface area contributed by atoms with Gasteiger partial charge >= 0.3 is 0 Å². The van der Waals surface area contributed by atoms with Crippen molar-refractivity contribution in [1.82, 2.24) is 10.2 Å². The van der Waals surface area contributed by atoms with Crippen molar-refractivity contribution in [1.29, 1.82) is 0 Å². The van der Waals surface area contributed by atoms with Crippen molar-refractivity contribution in [2.45, 2.75) is 38.9 Å². The number of nitrogens with one attached hydrogen (secondary N) is 1. The van der Waals surface area contributed by atoms with Gasteiger partial charge < -0.3 is 10.2 Å². The number of hydrogen-bond donors (Lipinski definition) is 1. The molecule has 4 rings (SSSR count). The number of benzene rings is 4. The lowest BCUT2D eigenvalue weighted by Crippen LogP contribution is -2.50. The Morgan fingerprint density at radius 1 is 0.730 bits per heavy atom. The molecule has 0 fully saturated rings. The van der Waals surface area contributed by atoms with E-state index in [0.29, 0.717) is 24.5 Å². The van der Waals surface area contributed by atoms with Crippen molar-refractivity contribution in [3.63, 3.8) is 0 Å². The monoisotopic (exact) mass is 510 g/mol. The largest absolute Gasteiger partial charge is 0.350 e. The zero-order valence-electron chi connectivity index (χ0n) is 20.9. The minimum atomic E-state index is -0.673. The van der Waals surface area contributed by atoms with Crippen LogP contribution < -0.4 is 5.32 Å². The van der Waals surface area contributed by atoms with Crippen LogP contribution in [0, 0.1) is 6.92 Å². The molecule has 5 heteroatoms. The van der Waals surface area contributed by atoms with Gasteiger partial charge in [-0.2, -0.15) is 0 Å². The molecule has 0 saturated carbocycles. The Balaban J connectivity index is 1.62. The summed E-state index contributed by atoms with van der Waals surface area (Å²) in [6.45, 7) is 2.77. The molecule has 0 spiro atoms. The lowest BCUT2D eigenvalue weighted by atomic mass is 10.0. The number of aryl methyl sites for hydroxylation is 1. The Labute approximate surface area is 223 Å². The molecule has 0 aliphatic heterocycles. The average Bonchev–Trinajstić information content (AvgIpc) is 2.92. The summed E-state index contributed by atoms with van der Waals surface area (Å²) >= 11 is 6.05. The fourth-order valence-electron chi connectivity index (χ4n) is 4.23. The third-order valence-electron chi connectivity index (χ3n) is 6.32. The van der Waals surface area contributed by atoms with E-state index in [1.165, 1.54) is 5.56 Å². The smallest absolute Gasteiger partial charge is 0.243 e. The number of carbonyl (C=O) groups is 2. The Bertz CT molecular complexity index is 1290. The van der Waals surface area contributed by atoms with Gasteiger partial charge in [0.25, 0.3) is 0 Å². The molecule has 1 atom stereocenters. The molecule has 4 nitrogen and oxygen atoms in total. The SMILES string of the molecule is Cc1ccc(CNC(=O)[C@H](Cc2ccccc2)N(Cc2ccccc2)C(=O)Cc2ccc(Cl)cc2)cc1. The molecule has 0 heterocycles. The highest BCUT2D eigenvalue weighted by atomic mass is 35.5. The normalized spacial score (nSPS) is 11.5. The van der Waals surface area contributed by atoms with Gasteiger partial charge in [0, 0.05) is 24.5 Å². The van der Waals surface area contributed by atoms with Crippen LogP contribution in [0.25, 0.3) is 0 Å². The van der Waals surface area contributed by atoms with E-state index in [4.69, 9.17) is 11.6 Å². The van der Waals surface area contributed by atoms with E-state index in [9.17, 15) is 9.59 Å². The van der Waals surface area contributed by atoms with E-state index in [-0.39, 0.29) is 18.2 Å². The summed E-state index contributed by atoms with van der Waals surface area (Å²) in [5.41, 5.74) is 5.00. The van der Waals surface area contributed by atoms with Crippen molar-refractivity contribution in [3.05, 3.63) is 142 Å². The highest BCUT2D eigenvalue weighted by Crippen LogP contribution is 2.18. The molecule has 0 radical (unpaired) electrons. The number of carbonyl (C=O) groups excluding carboxylic acids is 2. The van der Waals surface area contributed by atoms with Crippen LogP contribution in [-0.4, -0.2) is 22.8 Å². The second-order valence-electron chi connectivity index (χ2n) is 9.22. The first kappa shape index (κ1) is 26.2. The van der Waals surface area contributed by atoms with Gasteiger partial charge in [0.2, 0.25) is 11.8 Å². The molecule has 0 bridgehead atoms. The van der Waals surface area contributed by atoms with Gasteiger partial charge in [-0.3, -0.25) is 9.59 Å². The number of amides is 2. The van der Waals surface area contributed by atoms with E-state index in [0.717, 1.165) is 22.3 Å². The molecule has 188 valence electrons. The standard InChI is InChI=1S/C32H31ClN2O2/c1-24-12-14-27(15-13-24)22-34-32(37)30(20-25-8-4-2-5-9-25)35(23-28-10-6-3-7-11-28)31(36)21-26-16-18-29(33)19-17-26/h2-19,30H,20-23H2,1H3,(H,34,37)/t30-/m0/s1. The molecule has 0 saturated heterocycles. The van der Waals surface area contributed by atoms with Gasteiger partial charge in [0.05, 0.1) is 6.42 Å². The molecule has 0 aliphatic rings. The van der Waals surface area contributed by atoms with Crippen LogP contribution in [0.1, 0.15) is 27.8 Å². The van der Waals surface area contributed by atoms with E-state index in [2.05, 4.69) is 5.32 Å². The van der Waals surface area contributed by atoms with Crippen molar-refractivity contribution in [2.75, 3.05) is 0 Å². The van der Waals surface area contributed by atoms with Crippen LogP contribution >= 0.6 is 11.6 Å². The molecule has 0 aromatic heterocycles. The van der Waals surface area contributed by atoms with Crippen molar-refractivity contribution < 1.29 is 9.59 Å². The van der Waals surface area contributed by atoms with Gasteiger partial charge in [0.15, 0.2) is 0 Å². The number of halogens is 1.